The van der Waals surface area contributed by atoms with Crippen LogP contribution >= 0.6 is 23.2 Å². The quantitative estimate of drug-likeness (QED) is 0.106. The van der Waals surface area contributed by atoms with E-state index in [4.69, 9.17) is 27.8 Å². The summed E-state index contributed by atoms with van der Waals surface area (Å²) in [6.07, 6.45) is 4.51. The molecule has 0 aromatic heterocycles. The normalized spacial score (nSPS) is 12.5. The number of amides is 1. The first kappa shape index (κ1) is 36.8. The van der Waals surface area contributed by atoms with Crippen LogP contribution < -0.4 is 5.32 Å². The van der Waals surface area contributed by atoms with E-state index in [1.165, 1.54) is 6.07 Å². The fourth-order valence-electron chi connectivity index (χ4n) is 4.91. The fourth-order valence-corrected chi connectivity index (χ4v) is 5.72. The third-order valence-corrected chi connectivity index (χ3v) is 9.09. The van der Waals surface area contributed by atoms with Crippen molar-refractivity contribution in [2.75, 3.05) is 11.1 Å². The Labute approximate surface area is 291 Å². The summed E-state index contributed by atoms with van der Waals surface area (Å²) in [5, 5.41) is 3.62. The maximum atomic E-state index is 13.8. The van der Waals surface area contributed by atoms with Crippen LogP contribution in [0.25, 0.3) is 6.08 Å². The molecule has 0 aliphatic heterocycles. The molecule has 0 heterocycles. The molecule has 0 bridgehead atoms. The number of carbonyl (C=O) groups excluding carboxylic acids is 3. The van der Waals surface area contributed by atoms with Crippen molar-refractivity contribution in [2.24, 2.45) is 5.41 Å². The van der Waals surface area contributed by atoms with E-state index in [2.05, 4.69) is 32.2 Å². The van der Waals surface area contributed by atoms with Crippen molar-refractivity contribution >= 4 is 62.6 Å². The van der Waals surface area contributed by atoms with E-state index >= 15 is 0 Å². The summed E-state index contributed by atoms with van der Waals surface area (Å²) < 4.78 is 30.9. The Morgan fingerprint density at radius 3 is 2.00 bits per heavy atom. The van der Waals surface area contributed by atoms with Crippen molar-refractivity contribution in [3.8, 4) is 0 Å². The fraction of sp³-hybridized carbons (Fsp3) is 0.237. The summed E-state index contributed by atoms with van der Waals surface area (Å²) in [7, 11) is -4.13. The number of benzene rings is 4. The van der Waals surface area contributed by atoms with E-state index in [1.807, 2.05) is 30.3 Å². The molecule has 1 unspecified atom stereocenters. The van der Waals surface area contributed by atoms with Gasteiger partial charge in [0.15, 0.2) is 11.6 Å². The second kappa shape index (κ2) is 15.9. The van der Waals surface area contributed by atoms with Gasteiger partial charge in [-0.1, -0.05) is 105 Å². The van der Waals surface area contributed by atoms with Crippen LogP contribution in [0.4, 0.5) is 5.69 Å². The number of anilines is 1. The number of halogens is 2. The molecule has 0 saturated carbocycles. The monoisotopic (exact) mass is 705 g/mol. The number of carbonyl (C=O) groups is 3. The predicted octanol–water partition coefficient (Wildman–Crippen LogP) is 9.10. The molecule has 0 aliphatic carbocycles. The zero-order valence-corrected chi connectivity index (χ0v) is 29.2. The second-order valence-electron chi connectivity index (χ2n) is 12.7. The van der Waals surface area contributed by atoms with Crippen LogP contribution in [0.15, 0.2) is 97.1 Å². The first-order valence-corrected chi connectivity index (χ1v) is 17.7. The Morgan fingerprint density at radius 2 is 1.42 bits per heavy atom. The van der Waals surface area contributed by atoms with Crippen LogP contribution in [0.2, 0.25) is 10.0 Å². The third-order valence-electron chi connectivity index (χ3n) is 7.55. The van der Waals surface area contributed by atoms with Crippen molar-refractivity contribution in [2.45, 2.75) is 46.0 Å². The van der Waals surface area contributed by atoms with Crippen LogP contribution in [0.1, 0.15) is 82.5 Å². The van der Waals surface area contributed by atoms with Gasteiger partial charge >= 0.3 is 0 Å². The Kier molecular flexibility index (Phi) is 12.2. The summed E-state index contributed by atoms with van der Waals surface area (Å²) in [6, 6.07) is 26.0. The lowest BCUT2D eigenvalue weighted by molar-refractivity contribution is -0.117. The lowest BCUT2D eigenvalue weighted by atomic mass is 9.89. The number of rotatable bonds is 13. The SMILES string of the molecule is CC(C)(C)/C=C/c1ccc(C(Cc2ccc(C(=O)CCCS(=O)(=O)O)cc2)C(=O)Nc2ccc(C(=O)c3ccc(Cl)c(Cl)c3)cc2)cc1. The van der Waals surface area contributed by atoms with Crippen LogP contribution in [0, 0.1) is 5.41 Å². The molecular weight excluding hydrogens is 669 g/mol. The second-order valence-corrected chi connectivity index (χ2v) is 15.0. The van der Waals surface area contributed by atoms with E-state index in [-0.39, 0.29) is 40.8 Å². The van der Waals surface area contributed by atoms with E-state index in [0.29, 0.717) is 33.8 Å². The lowest BCUT2D eigenvalue weighted by Gasteiger charge is -2.18. The van der Waals surface area contributed by atoms with Crippen LogP contribution in [-0.2, 0) is 21.3 Å². The minimum Gasteiger partial charge on any atom is -0.326 e. The summed E-state index contributed by atoms with van der Waals surface area (Å²) in [6.45, 7) is 6.35. The van der Waals surface area contributed by atoms with Gasteiger partial charge in [0.2, 0.25) is 5.91 Å². The Hall–Kier alpha value is -4.08. The summed E-state index contributed by atoms with van der Waals surface area (Å²) in [5.41, 5.74) is 4.41. The Morgan fingerprint density at radius 1 is 0.812 bits per heavy atom. The van der Waals surface area contributed by atoms with Crippen molar-refractivity contribution in [3.63, 3.8) is 0 Å². The van der Waals surface area contributed by atoms with Crippen molar-refractivity contribution < 1.29 is 27.4 Å². The van der Waals surface area contributed by atoms with Crippen molar-refractivity contribution in [1.29, 1.82) is 0 Å². The summed E-state index contributed by atoms with van der Waals surface area (Å²) >= 11 is 12.1. The molecule has 250 valence electrons. The molecule has 1 atom stereocenters. The highest BCUT2D eigenvalue weighted by Gasteiger charge is 2.22. The lowest BCUT2D eigenvalue weighted by Crippen LogP contribution is -2.23. The molecule has 0 saturated heterocycles. The van der Waals surface area contributed by atoms with Crippen LogP contribution in [-0.4, -0.2) is 36.2 Å². The smallest absolute Gasteiger partial charge is 0.264 e. The predicted molar refractivity (Wildman–Crippen MR) is 193 cm³/mol. The number of Topliss-reactive ketones (excluding diaryl/α,β-unsaturated/α-hetero) is 1. The minimum absolute atomic E-state index is 0.0159. The largest absolute Gasteiger partial charge is 0.326 e. The number of hydrogen-bond acceptors (Lipinski definition) is 5. The summed E-state index contributed by atoms with van der Waals surface area (Å²) in [5.74, 6) is -1.78. The number of hydrogen-bond donors (Lipinski definition) is 2. The molecule has 48 heavy (non-hydrogen) atoms. The van der Waals surface area contributed by atoms with Gasteiger partial charge < -0.3 is 5.32 Å². The molecule has 10 heteroatoms. The Balaban J connectivity index is 1.53. The maximum Gasteiger partial charge on any atom is 0.264 e. The highest BCUT2D eigenvalue weighted by Crippen LogP contribution is 2.27. The molecule has 0 radical (unpaired) electrons. The van der Waals surface area contributed by atoms with E-state index in [9.17, 15) is 22.8 Å². The van der Waals surface area contributed by atoms with Gasteiger partial charge in [-0.05, 0) is 77.4 Å². The average molecular weight is 707 g/mol. The van der Waals surface area contributed by atoms with Crippen molar-refractivity contribution in [1.82, 2.24) is 0 Å². The zero-order valence-electron chi connectivity index (χ0n) is 26.9. The van der Waals surface area contributed by atoms with Gasteiger partial charge in [-0.15, -0.1) is 0 Å². The third kappa shape index (κ3) is 11.0. The zero-order chi connectivity index (χ0) is 35.1. The molecule has 4 aromatic carbocycles. The molecule has 4 aromatic rings. The van der Waals surface area contributed by atoms with Crippen molar-refractivity contribution in [3.05, 3.63) is 140 Å². The molecule has 4 rings (SSSR count). The standard InChI is InChI=1S/C38H37Cl2NO6S/c1-38(2,3)21-20-25-6-10-27(11-7-25)32(23-26-8-12-28(13-9-26)35(42)5-4-22-48(45,46)47)37(44)41-31-17-14-29(15-18-31)36(43)30-16-19-33(39)34(40)24-30/h6-21,24,32H,4-5,22-23H2,1-3H3,(H,41,44)(H,45,46,47)/b21-20+. The van der Waals surface area contributed by atoms with Gasteiger partial charge in [-0.2, -0.15) is 8.42 Å². The molecule has 1 amide bonds. The molecule has 2 N–H and O–H groups in total. The molecule has 0 aliphatic rings. The molecule has 0 spiro atoms. The molecular formula is C38H37Cl2NO6S. The number of ketones is 2. The summed E-state index contributed by atoms with van der Waals surface area (Å²) in [4.78, 5) is 39.3. The molecule has 0 fully saturated rings. The van der Waals surface area contributed by atoms with Gasteiger partial charge in [-0.3, -0.25) is 18.9 Å². The van der Waals surface area contributed by atoms with E-state index in [1.54, 1.807) is 60.7 Å². The van der Waals surface area contributed by atoms with Gasteiger partial charge in [0.05, 0.1) is 21.7 Å². The minimum atomic E-state index is -4.13. The van der Waals surface area contributed by atoms with Gasteiger partial charge in [0, 0.05) is 28.8 Å². The first-order chi connectivity index (χ1) is 22.6. The average Bonchev–Trinajstić information content (AvgIpc) is 3.03. The number of allylic oxidation sites excluding steroid dienone is 1. The Bertz CT molecular complexity index is 1910. The molecule has 7 nitrogen and oxygen atoms in total. The van der Waals surface area contributed by atoms with Gasteiger partial charge in [0.1, 0.15) is 0 Å². The van der Waals surface area contributed by atoms with Gasteiger partial charge in [0.25, 0.3) is 10.1 Å². The van der Waals surface area contributed by atoms with E-state index in [0.717, 1.165) is 16.7 Å². The van der Waals surface area contributed by atoms with Gasteiger partial charge in [-0.25, -0.2) is 0 Å². The van der Waals surface area contributed by atoms with Crippen LogP contribution in [0.5, 0.6) is 0 Å². The van der Waals surface area contributed by atoms with E-state index < -0.39 is 21.8 Å². The topological polar surface area (TPSA) is 118 Å². The highest BCUT2D eigenvalue weighted by molar-refractivity contribution is 7.85. The highest BCUT2D eigenvalue weighted by atomic mass is 35.5. The van der Waals surface area contributed by atoms with Crippen LogP contribution in [0.3, 0.4) is 0 Å². The first-order valence-electron chi connectivity index (χ1n) is 15.4. The maximum absolute atomic E-state index is 13.8. The number of nitrogens with one attached hydrogen (secondary N) is 1.